The number of hydrogen-bond donors (Lipinski definition) is 1. The summed E-state index contributed by atoms with van der Waals surface area (Å²) in [4.78, 5) is 12.5. The van der Waals surface area contributed by atoms with Crippen LogP contribution in [0.4, 0.5) is 5.69 Å². The summed E-state index contributed by atoms with van der Waals surface area (Å²) in [5, 5.41) is 6.70. The van der Waals surface area contributed by atoms with E-state index in [1.165, 1.54) is 0 Å². The van der Waals surface area contributed by atoms with Gasteiger partial charge in [0, 0.05) is 21.1 Å². The first kappa shape index (κ1) is 15.1. The van der Waals surface area contributed by atoms with Crippen molar-refractivity contribution in [2.75, 3.05) is 5.32 Å². The molecular weight excluding hydrogens is 345 g/mol. The van der Waals surface area contributed by atoms with Gasteiger partial charge >= 0.3 is 0 Å². The van der Waals surface area contributed by atoms with Gasteiger partial charge in [0.15, 0.2) is 5.76 Å². The highest BCUT2D eigenvalue weighted by Gasteiger charge is 2.14. The molecule has 0 saturated heterocycles. The zero-order valence-corrected chi connectivity index (χ0v) is 13.9. The van der Waals surface area contributed by atoms with Gasteiger partial charge < -0.3 is 9.73 Å². The summed E-state index contributed by atoms with van der Waals surface area (Å²) >= 11 is 11.9. The quantitative estimate of drug-likeness (QED) is 0.468. The Balaban J connectivity index is 1.73. The van der Waals surface area contributed by atoms with E-state index < -0.39 is 0 Å². The Morgan fingerprint density at radius 2 is 1.62 bits per heavy atom. The van der Waals surface area contributed by atoms with Crippen LogP contribution in [0.1, 0.15) is 10.6 Å². The van der Waals surface area contributed by atoms with Crippen molar-refractivity contribution in [1.29, 1.82) is 0 Å². The number of carbonyl (C=O) groups excluding carboxylic acids is 1. The van der Waals surface area contributed by atoms with E-state index in [2.05, 4.69) is 5.32 Å². The largest absolute Gasteiger partial charge is 0.451 e. The molecule has 1 amide bonds. The molecule has 4 rings (SSSR count). The second-order valence-electron chi connectivity index (χ2n) is 5.42. The van der Waals surface area contributed by atoms with Gasteiger partial charge in [0.2, 0.25) is 0 Å². The minimum Gasteiger partial charge on any atom is -0.451 e. The van der Waals surface area contributed by atoms with Crippen molar-refractivity contribution in [2.45, 2.75) is 0 Å². The van der Waals surface area contributed by atoms with Crippen molar-refractivity contribution >= 4 is 56.5 Å². The summed E-state index contributed by atoms with van der Waals surface area (Å²) in [5.41, 5.74) is 1.19. The number of anilines is 1. The van der Waals surface area contributed by atoms with Crippen LogP contribution < -0.4 is 5.32 Å². The van der Waals surface area contributed by atoms with Crippen molar-refractivity contribution in [1.82, 2.24) is 0 Å². The zero-order valence-electron chi connectivity index (χ0n) is 12.3. The number of furan rings is 1. The molecule has 4 aromatic rings. The lowest BCUT2D eigenvalue weighted by Gasteiger charge is -2.04. The first-order valence-electron chi connectivity index (χ1n) is 7.29. The van der Waals surface area contributed by atoms with Crippen LogP contribution >= 0.6 is 23.2 Å². The molecule has 0 aliphatic carbocycles. The fraction of sp³-hybridized carbons (Fsp3) is 0. The molecule has 1 heterocycles. The first-order chi connectivity index (χ1) is 11.6. The van der Waals surface area contributed by atoms with Gasteiger partial charge in [-0.05, 0) is 41.1 Å². The molecule has 5 heteroatoms. The topological polar surface area (TPSA) is 42.2 Å². The number of benzene rings is 3. The Hall–Kier alpha value is -2.49. The number of fused-ring (bicyclic) bond motifs is 3. The maximum Gasteiger partial charge on any atom is 0.291 e. The minimum absolute atomic E-state index is 0.234. The van der Waals surface area contributed by atoms with Gasteiger partial charge in [-0.25, -0.2) is 0 Å². The van der Waals surface area contributed by atoms with E-state index in [0.717, 1.165) is 16.2 Å². The van der Waals surface area contributed by atoms with Gasteiger partial charge in [0.1, 0.15) is 5.58 Å². The van der Waals surface area contributed by atoms with Crippen LogP contribution in [-0.2, 0) is 0 Å². The van der Waals surface area contributed by atoms with E-state index in [1.54, 1.807) is 24.3 Å². The Morgan fingerprint density at radius 1 is 0.875 bits per heavy atom. The van der Waals surface area contributed by atoms with Crippen LogP contribution in [0.2, 0.25) is 10.0 Å². The summed E-state index contributed by atoms with van der Waals surface area (Å²) < 4.78 is 5.69. The molecule has 0 radical (unpaired) electrons. The summed E-state index contributed by atoms with van der Waals surface area (Å²) in [5.74, 6) is -0.119. The van der Waals surface area contributed by atoms with Gasteiger partial charge in [-0.2, -0.15) is 0 Å². The molecule has 0 spiro atoms. The predicted molar refractivity (Wildman–Crippen MR) is 98.1 cm³/mol. The molecule has 0 fully saturated rings. The molecule has 1 N–H and O–H groups in total. The Bertz CT molecular complexity index is 1070. The van der Waals surface area contributed by atoms with Gasteiger partial charge in [-0.1, -0.05) is 53.5 Å². The Morgan fingerprint density at radius 3 is 2.42 bits per heavy atom. The van der Waals surface area contributed by atoms with Crippen molar-refractivity contribution < 1.29 is 9.21 Å². The minimum atomic E-state index is -0.353. The monoisotopic (exact) mass is 355 g/mol. The van der Waals surface area contributed by atoms with Crippen molar-refractivity contribution in [2.24, 2.45) is 0 Å². The van der Waals surface area contributed by atoms with E-state index in [1.807, 2.05) is 36.4 Å². The fourth-order valence-electron chi connectivity index (χ4n) is 2.72. The molecule has 3 nitrogen and oxygen atoms in total. The van der Waals surface area contributed by atoms with Gasteiger partial charge in [0.25, 0.3) is 5.91 Å². The van der Waals surface area contributed by atoms with Crippen LogP contribution in [0.25, 0.3) is 21.7 Å². The molecular formula is C19H11Cl2NO2. The van der Waals surface area contributed by atoms with Crippen molar-refractivity contribution in [3.8, 4) is 0 Å². The number of rotatable bonds is 2. The van der Waals surface area contributed by atoms with Gasteiger partial charge in [-0.15, -0.1) is 0 Å². The highest BCUT2D eigenvalue weighted by Crippen LogP contribution is 2.29. The third-order valence-electron chi connectivity index (χ3n) is 3.77. The molecule has 24 heavy (non-hydrogen) atoms. The summed E-state index contributed by atoms with van der Waals surface area (Å²) in [7, 11) is 0. The van der Waals surface area contributed by atoms with Crippen molar-refractivity contribution in [3.05, 3.63) is 76.5 Å². The number of nitrogens with one attached hydrogen (secondary N) is 1. The second kappa shape index (κ2) is 5.86. The van der Waals surface area contributed by atoms with E-state index in [0.29, 0.717) is 21.3 Å². The Labute approximate surface area is 147 Å². The average molecular weight is 356 g/mol. The molecule has 118 valence electrons. The fourth-order valence-corrected chi connectivity index (χ4v) is 3.25. The molecule has 0 atom stereocenters. The highest BCUT2D eigenvalue weighted by atomic mass is 35.5. The number of hydrogen-bond acceptors (Lipinski definition) is 2. The van der Waals surface area contributed by atoms with Gasteiger partial charge in [-0.3, -0.25) is 4.79 Å². The maximum atomic E-state index is 12.5. The molecule has 0 unspecified atom stereocenters. The van der Waals surface area contributed by atoms with Crippen LogP contribution in [0, 0.1) is 0 Å². The number of amides is 1. The number of halogens is 2. The second-order valence-corrected chi connectivity index (χ2v) is 6.29. The lowest BCUT2D eigenvalue weighted by Crippen LogP contribution is -2.10. The molecule has 1 aromatic heterocycles. The molecule has 0 bridgehead atoms. The Kier molecular flexibility index (Phi) is 3.68. The molecule has 0 aliphatic rings. The standard InChI is InChI=1S/C19H11Cl2NO2/c20-12-7-13(21)9-14(8-12)22-19(23)18-10-16-15-4-2-1-3-11(15)5-6-17(16)24-18/h1-10H,(H,22,23). The third-order valence-corrected chi connectivity index (χ3v) is 4.21. The summed E-state index contributed by atoms with van der Waals surface area (Å²) in [6, 6.07) is 18.4. The first-order valence-corrected chi connectivity index (χ1v) is 8.04. The zero-order chi connectivity index (χ0) is 16.7. The van der Waals surface area contributed by atoms with E-state index in [4.69, 9.17) is 27.6 Å². The molecule has 0 saturated carbocycles. The SMILES string of the molecule is O=C(Nc1cc(Cl)cc(Cl)c1)c1cc2c(ccc3ccccc32)o1. The van der Waals surface area contributed by atoms with Crippen LogP contribution in [0.5, 0.6) is 0 Å². The average Bonchev–Trinajstić information content (AvgIpc) is 2.98. The smallest absolute Gasteiger partial charge is 0.291 e. The van der Waals surface area contributed by atoms with E-state index in [9.17, 15) is 4.79 Å². The van der Waals surface area contributed by atoms with Crippen LogP contribution in [0.3, 0.4) is 0 Å². The third kappa shape index (κ3) is 2.73. The number of carbonyl (C=O) groups is 1. The predicted octanol–water partition coefficient (Wildman–Crippen LogP) is 6.15. The molecule has 0 aliphatic heterocycles. The van der Waals surface area contributed by atoms with Crippen LogP contribution in [-0.4, -0.2) is 5.91 Å². The van der Waals surface area contributed by atoms with E-state index >= 15 is 0 Å². The highest BCUT2D eigenvalue weighted by molar-refractivity contribution is 6.35. The maximum absolute atomic E-state index is 12.5. The van der Waals surface area contributed by atoms with Gasteiger partial charge in [0.05, 0.1) is 0 Å². The lowest BCUT2D eigenvalue weighted by molar-refractivity contribution is 0.0998. The van der Waals surface area contributed by atoms with Crippen LogP contribution in [0.15, 0.2) is 65.1 Å². The molecule has 3 aromatic carbocycles. The van der Waals surface area contributed by atoms with E-state index in [-0.39, 0.29) is 11.7 Å². The normalized spacial score (nSPS) is 11.1. The lowest BCUT2D eigenvalue weighted by atomic mass is 10.1. The summed E-state index contributed by atoms with van der Waals surface area (Å²) in [6.45, 7) is 0. The van der Waals surface area contributed by atoms with Crippen molar-refractivity contribution in [3.63, 3.8) is 0 Å². The summed E-state index contributed by atoms with van der Waals surface area (Å²) in [6.07, 6.45) is 0.